The Kier molecular flexibility index (Phi) is 5.51. The number of alkyl halides is 1. The smallest absolute Gasteiger partial charge is 0.116 e. The molecule has 2 N–H and O–H groups in total. The first-order valence-electron chi connectivity index (χ1n) is 9.50. The van der Waals surface area contributed by atoms with Crippen molar-refractivity contribution in [2.24, 2.45) is 0 Å². The third-order valence-corrected chi connectivity index (χ3v) is 5.91. The monoisotopic (exact) mass is 390 g/mol. The normalized spacial score (nSPS) is 28.3. The van der Waals surface area contributed by atoms with E-state index in [0.717, 1.165) is 17.0 Å². The Labute approximate surface area is 163 Å². The van der Waals surface area contributed by atoms with Gasteiger partial charge in [-0.15, -0.1) is 0 Å². The molecule has 27 heavy (non-hydrogen) atoms. The van der Waals surface area contributed by atoms with Crippen LogP contribution in [0, 0.1) is 0 Å². The molecule has 3 nitrogen and oxygen atoms in total. The molecule has 0 spiro atoms. The number of ether oxygens (including phenoxy) is 1. The van der Waals surface area contributed by atoms with Crippen molar-refractivity contribution in [3.8, 4) is 0 Å². The molecular weight excluding hydrogens is 367 g/mol. The first-order chi connectivity index (χ1) is 13.0. The van der Waals surface area contributed by atoms with Crippen molar-refractivity contribution in [3.05, 3.63) is 69.7 Å². The van der Waals surface area contributed by atoms with Crippen LogP contribution < -0.4 is 0 Å². The van der Waals surface area contributed by atoms with Crippen molar-refractivity contribution in [2.75, 3.05) is 6.67 Å². The maximum atomic E-state index is 13.1. The number of benzene rings is 2. The standard InChI is InChI=1S/C22H24ClFO3/c23-19-8-7-16(22-21(26)20(25)11-18(12-24)27-22)10-17(19)9-13-1-3-14(4-2-13)15-5-6-15/h1-4,7-8,10,15,18,20-22,25-26H,5-6,9,11-12H2/t18-,20-,21+,22-/m0/s1. The van der Waals surface area contributed by atoms with Crippen molar-refractivity contribution in [1.29, 1.82) is 0 Å². The van der Waals surface area contributed by atoms with Crippen LogP contribution in [0.4, 0.5) is 4.39 Å². The SMILES string of the molecule is O[C@@H]1[C@@H](O)C[C@@H](CF)O[C@H]1c1ccc(Cl)c(Cc2ccc(C3CC3)cc2)c1. The molecule has 2 aromatic rings. The summed E-state index contributed by atoms with van der Waals surface area (Å²) in [4.78, 5) is 0. The van der Waals surface area contributed by atoms with Gasteiger partial charge in [0.2, 0.25) is 0 Å². The van der Waals surface area contributed by atoms with Crippen molar-refractivity contribution in [1.82, 2.24) is 0 Å². The average Bonchev–Trinajstić information content (AvgIpc) is 3.51. The van der Waals surface area contributed by atoms with E-state index >= 15 is 0 Å². The highest BCUT2D eigenvalue weighted by Gasteiger charge is 2.37. The molecule has 2 aromatic carbocycles. The van der Waals surface area contributed by atoms with E-state index in [1.54, 1.807) is 12.1 Å². The molecule has 0 radical (unpaired) electrons. The molecule has 1 aliphatic carbocycles. The predicted molar refractivity (Wildman–Crippen MR) is 103 cm³/mol. The quantitative estimate of drug-likeness (QED) is 0.798. The highest BCUT2D eigenvalue weighted by Crippen LogP contribution is 2.40. The summed E-state index contributed by atoms with van der Waals surface area (Å²) < 4.78 is 18.7. The summed E-state index contributed by atoms with van der Waals surface area (Å²) in [6, 6.07) is 14.0. The van der Waals surface area contributed by atoms with Crippen LogP contribution in [0.5, 0.6) is 0 Å². The predicted octanol–water partition coefficient (Wildman–Crippen LogP) is 4.33. The maximum Gasteiger partial charge on any atom is 0.116 e. The van der Waals surface area contributed by atoms with E-state index in [9.17, 15) is 14.6 Å². The summed E-state index contributed by atoms with van der Waals surface area (Å²) in [7, 11) is 0. The van der Waals surface area contributed by atoms with Gasteiger partial charge in [0.1, 0.15) is 18.9 Å². The second kappa shape index (κ2) is 7.88. The van der Waals surface area contributed by atoms with Gasteiger partial charge in [-0.25, -0.2) is 4.39 Å². The number of hydrogen-bond acceptors (Lipinski definition) is 3. The molecule has 1 aliphatic heterocycles. The molecule has 4 atom stereocenters. The fraction of sp³-hybridized carbons (Fsp3) is 0.455. The third kappa shape index (κ3) is 4.19. The van der Waals surface area contributed by atoms with Crippen molar-refractivity contribution in [3.63, 3.8) is 0 Å². The number of hydrogen-bond donors (Lipinski definition) is 2. The van der Waals surface area contributed by atoms with Gasteiger partial charge in [-0.3, -0.25) is 0 Å². The summed E-state index contributed by atoms with van der Waals surface area (Å²) in [5.74, 6) is 0.728. The number of halogens is 2. The lowest BCUT2D eigenvalue weighted by molar-refractivity contribution is -0.174. The van der Waals surface area contributed by atoms with Crippen molar-refractivity contribution < 1.29 is 19.3 Å². The van der Waals surface area contributed by atoms with Gasteiger partial charge in [-0.1, -0.05) is 48.0 Å². The van der Waals surface area contributed by atoms with Gasteiger partial charge >= 0.3 is 0 Å². The zero-order valence-electron chi connectivity index (χ0n) is 15.0. The van der Waals surface area contributed by atoms with Gasteiger partial charge in [-0.2, -0.15) is 0 Å². The second-order valence-corrected chi connectivity index (χ2v) is 8.08. The highest BCUT2D eigenvalue weighted by atomic mass is 35.5. The minimum atomic E-state index is -1.08. The molecule has 0 bridgehead atoms. The maximum absolute atomic E-state index is 13.1. The zero-order chi connectivity index (χ0) is 19.0. The lowest BCUT2D eigenvalue weighted by atomic mass is 9.91. The van der Waals surface area contributed by atoms with Gasteiger partial charge in [0, 0.05) is 11.4 Å². The van der Waals surface area contributed by atoms with E-state index in [1.807, 2.05) is 6.07 Å². The number of aliphatic hydroxyl groups excluding tert-OH is 2. The molecule has 1 heterocycles. The summed E-state index contributed by atoms with van der Waals surface area (Å²) in [5.41, 5.74) is 4.17. The second-order valence-electron chi connectivity index (χ2n) is 7.67. The Morgan fingerprint density at radius 2 is 1.74 bits per heavy atom. The largest absolute Gasteiger partial charge is 0.390 e. The molecule has 0 amide bonds. The molecule has 144 valence electrons. The lowest BCUT2D eigenvalue weighted by Crippen LogP contribution is -2.44. The van der Waals surface area contributed by atoms with Crippen molar-refractivity contribution >= 4 is 11.6 Å². The van der Waals surface area contributed by atoms with E-state index in [-0.39, 0.29) is 6.42 Å². The molecular formula is C22H24ClFO3. The van der Waals surface area contributed by atoms with Gasteiger partial charge in [0.25, 0.3) is 0 Å². The Hall–Kier alpha value is -1.46. The van der Waals surface area contributed by atoms with Gasteiger partial charge in [0.05, 0.1) is 12.2 Å². The minimum Gasteiger partial charge on any atom is -0.390 e. The third-order valence-electron chi connectivity index (χ3n) is 5.54. The summed E-state index contributed by atoms with van der Waals surface area (Å²) in [6.07, 6.45) is -0.230. The van der Waals surface area contributed by atoms with Crippen LogP contribution in [0.25, 0.3) is 0 Å². The minimum absolute atomic E-state index is 0.0992. The molecule has 2 fully saturated rings. The molecule has 4 rings (SSSR count). The van der Waals surface area contributed by atoms with Crippen LogP contribution in [0.1, 0.15) is 53.5 Å². The van der Waals surface area contributed by atoms with E-state index in [2.05, 4.69) is 24.3 Å². The van der Waals surface area contributed by atoms with Crippen LogP contribution in [0.3, 0.4) is 0 Å². The van der Waals surface area contributed by atoms with E-state index in [0.29, 0.717) is 17.0 Å². The van der Waals surface area contributed by atoms with Crippen LogP contribution in [0.15, 0.2) is 42.5 Å². The Morgan fingerprint density at radius 3 is 2.41 bits per heavy atom. The Bertz CT molecular complexity index is 791. The molecule has 1 saturated heterocycles. The molecule has 0 aromatic heterocycles. The molecule has 5 heteroatoms. The summed E-state index contributed by atoms with van der Waals surface area (Å²) in [5, 5.41) is 21.0. The fourth-order valence-corrected chi connectivity index (χ4v) is 3.96. The van der Waals surface area contributed by atoms with Gasteiger partial charge in [-0.05, 0) is 53.5 Å². The van der Waals surface area contributed by atoms with Crippen LogP contribution in [-0.2, 0) is 11.2 Å². The van der Waals surface area contributed by atoms with Gasteiger partial charge < -0.3 is 14.9 Å². The van der Waals surface area contributed by atoms with E-state index in [1.165, 1.54) is 18.4 Å². The van der Waals surface area contributed by atoms with E-state index < -0.39 is 31.1 Å². The van der Waals surface area contributed by atoms with Crippen LogP contribution >= 0.6 is 11.6 Å². The molecule has 0 unspecified atom stereocenters. The van der Waals surface area contributed by atoms with Crippen LogP contribution in [-0.4, -0.2) is 35.2 Å². The van der Waals surface area contributed by atoms with Crippen LogP contribution in [0.2, 0.25) is 5.02 Å². The summed E-state index contributed by atoms with van der Waals surface area (Å²) in [6.45, 7) is -0.686. The molecule has 1 saturated carbocycles. The summed E-state index contributed by atoms with van der Waals surface area (Å²) >= 11 is 6.39. The Morgan fingerprint density at radius 1 is 1.04 bits per heavy atom. The number of rotatable bonds is 5. The van der Waals surface area contributed by atoms with E-state index in [4.69, 9.17) is 16.3 Å². The Balaban J connectivity index is 1.55. The first-order valence-corrected chi connectivity index (χ1v) is 9.87. The zero-order valence-corrected chi connectivity index (χ0v) is 15.8. The van der Waals surface area contributed by atoms with Crippen molar-refractivity contribution in [2.45, 2.75) is 56.0 Å². The average molecular weight is 391 g/mol. The highest BCUT2D eigenvalue weighted by molar-refractivity contribution is 6.31. The fourth-order valence-electron chi connectivity index (χ4n) is 3.78. The number of aliphatic hydroxyl groups is 2. The lowest BCUT2D eigenvalue weighted by Gasteiger charge is -2.36. The topological polar surface area (TPSA) is 49.7 Å². The van der Waals surface area contributed by atoms with Gasteiger partial charge in [0.15, 0.2) is 0 Å². The molecule has 2 aliphatic rings. The first kappa shape index (κ1) is 18.9.